The van der Waals surface area contributed by atoms with Crippen molar-refractivity contribution in [3.05, 3.63) is 0 Å². The second kappa shape index (κ2) is 5.73. The fraction of sp³-hybridized carbons (Fsp3) is 0.900. The van der Waals surface area contributed by atoms with E-state index >= 15 is 0 Å². The molecule has 0 saturated heterocycles. The van der Waals surface area contributed by atoms with Crippen LogP contribution in [0, 0.1) is 11.8 Å². The molecule has 1 unspecified atom stereocenters. The number of ketones is 1. The van der Waals surface area contributed by atoms with Crippen LogP contribution in [0.4, 0.5) is 26.3 Å². The van der Waals surface area contributed by atoms with Gasteiger partial charge in [0.15, 0.2) is 5.78 Å². The van der Waals surface area contributed by atoms with Gasteiger partial charge < -0.3 is 0 Å². The Kier molecular flexibility index (Phi) is 5.48. The van der Waals surface area contributed by atoms with Crippen molar-refractivity contribution in [3.63, 3.8) is 0 Å². The Balaban J connectivity index is 4.80. The Bertz CT molecular complexity index is 241. The molecule has 0 amide bonds. The molecule has 0 spiro atoms. The minimum absolute atomic E-state index is 0.425. The van der Waals surface area contributed by atoms with Crippen LogP contribution < -0.4 is 0 Å². The Morgan fingerprint density at radius 3 is 1.76 bits per heavy atom. The molecular weight excluding hydrogens is 250 g/mol. The number of rotatable bonds is 5. The zero-order valence-electron chi connectivity index (χ0n) is 9.45. The highest BCUT2D eigenvalue weighted by atomic mass is 19.4. The van der Waals surface area contributed by atoms with Crippen LogP contribution in [0.1, 0.15) is 33.1 Å². The van der Waals surface area contributed by atoms with Crippen molar-refractivity contribution in [2.24, 2.45) is 11.8 Å². The molecule has 0 heterocycles. The molecule has 0 aromatic carbocycles. The molecule has 0 bridgehead atoms. The van der Waals surface area contributed by atoms with Gasteiger partial charge >= 0.3 is 12.4 Å². The van der Waals surface area contributed by atoms with Crippen molar-refractivity contribution >= 4 is 5.78 Å². The SMILES string of the molecule is CCCC(C)CC(=O)C(C(F)(F)F)C(F)(F)F. The maximum Gasteiger partial charge on any atom is 0.407 e. The highest BCUT2D eigenvalue weighted by Gasteiger charge is 2.60. The standard InChI is InChI=1S/C10H14F6O/c1-3-4-6(2)5-7(17)8(9(11,12)13)10(14,15)16/h6,8H,3-5H2,1-2H3. The van der Waals surface area contributed by atoms with Crippen LogP contribution in [0.15, 0.2) is 0 Å². The van der Waals surface area contributed by atoms with Gasteiger partial charge in [-0.2, -0.15) is 26.3 Å². The first-order valence-electron chi connectivity index (χ1n) is 5.16. The van der Waals surface area contributed by atoms with E-state index in [1.807, 2.05) is 0 Å². The highest BCUT2D eigenvalue weighted by molar-refractivity contribution is 5.82. The average molecular weight is 264 g/mol. The Morgan fingerprint density at radius 2 is 1.47 bits per heavy atom. The third kappa shape index (κ3) is 5.41. The van der Waals surface area contributed by atoms with Crippen LogP contribution >= 0.6 is 0 Å². The van der Waals surface area contributed by atoms with E-state index in [4.69, 9.17) is 0 Å². The van der Waals surface area contributed by atoms with E-state index in [1.165, 1.54) is 6.92 Å². The van der Waals surface area contributed by atoms with E-state index < -0.39 is 36.4 Å². The molecule has 0 rings (SSSR count). The second-order valence-corrected chi connectivity index (χ2v) is 4.08. The van der Waals surface area contributed by atoms with Crippen LogP contribution in [-0.4, -0.2) is 18.1 Å². The molecule has 0 N–H and O–H groups in total. The summed E-state index contributed by atoms with van der Waals surface area (Å²) in [6, 6.07) is 0. The summed E-state index contributed by atoms with van der Waals surface area (Å²) >= 11 is 0. The highest BCUT2D eigenvalue weighted by Crippen LogP contribution is 2.40. The zero-order chi connectivity index (χ0) is 13.9. The number of carbonyl (C=O) groups excluding carboxylic acids is 1. The monoisotopic (exact) mass is 264 g/mol. The van der Waals surface area contributed by atoms with Crippen molar-refractivity contribution in [3.8, 4) is 0 Å². The number of alkyl halides is 6. The van der Waals surface area contributed by atoms with Gasteiger partial charge in [-0.15, -0.1) is 0 Å². The lowest BCUT2D eigenvalue weighted by atomic mass is 9.92. The van der Waals surface area contributed by atoms with Crippen LogP contribution in [0.25, 0.3) is 0 Å². The molecule has 102 valence electrons. The number of carbonyl (C=O) groups is 1. The summed E-state index contributed by atoms with van der Waals surface area (Å²) in [6.07, 6.45) is -10.8. The quantitative estimate of drug-likeness (QED) is 0.682. The van der Waals surface area contributed by atoms with E-state index in [-0.39, 0.29) is 0 Å². The van der Waals surface area contributed by atoms with Crippen molar-refractivity contribution in [2.45, 2.75) is 45.5 Å². The third-order valence-electron chi connectivity index (χ3n) is 2.31. The molecule has 0 radical (unpaired) electrons. The van der Waals surface area contributed by atoms with Crippen molar-refractivity contribution in [2.75, 3.05) is 0 Å². The van der Waals surface area contributed by atoms with Gasteiger partial charge in [0.2, 0.25) is 5.92 Å². The minimum atomic E-state index is -5.57. The van der Waals surface area contributed by atoms with E-state index in [1.54, 1.807) is 6.92 Å². The zero-order valence-corrected chi connectivity index (χ0v) is 9.45. The molecule has 0 aliphatic rings. The van der Waals surface area contributed by atoms with Crippen molar-refractivity contribution < 1.29 is 31.1 Å². The van der Waals surface area contributed by atoms with Crippen LogP contribution in [0.5, 0.6) is 0 Å². The maximum absolute atomic E-state index is 12.2. The number of halogens is 6. The molecule has 0 fully saturated rings. The Hall–Kier alpha value is -0.750. The minimum Gasteiger partial charge on any atom is -0.299 e. The topological polar surface area (TPSA) is 17.1 Å². The van der Waals surface area contributed by atoms with Crippen LogP contribution in [0.2, 0.25) is 0 Å². The molecule has 0 aliphatic carbocycles. The lowest BCUT2D eigenvalue weighted by Crippen LogP contribution is -2.42. The summed E-state index contributed by atoms with van der Waals surface area (Å²) in [5, 5.41) is 0. The van der Waals surface area contributed by atoms with E-state index in [0.29, 0.717) is 12.8 Å². The molecule has 17 heavy (non-hydrogen) atoms. The van der Waals surface area contributed by atoms with Crippen LogP contribution in [0.3, 0.4) is 0 Å². The third-order valence-corrected chi connectivity index (χ3v) is 2.31. The van der Waals surface area contributed by atoms with E-state index in [9.17, 15) is 31.1 Å². The van der Waals surface area contributed by atoms with Gasteiger partial charge in [-0.25, -0.2) is 0 Å². The molecular formula is C10H14F6O. The first-order chi connectivity index (χ1) is 7.50. The van der Waals surface area contributed by atoms with Gasteiger partial charge in [0.1, 0.15) is 0 Å². The van der Waals surface area contributed by atoms with E-state index in [0.717, 1.165) is 0 Å². The molecule has 0 aromatic rings. The number of hydrogen-bond acceptors (Lipinski definition) is 1. The van der Waals surface area contributed by atoms with Gasteiger partial charge in [-0.05, 0) is 5.92 Å². The molecule has 7 heteroatoms. The van der Waals surface area contributed by atoms with Gasteiger partial charge in [-0.1, -0.05) is 26.7 Å². The summed E-state index contributed by atoms with van der Waals surface area (Å²) in [5.74, 6) is -6.13. The summed E-state index contributed by atoms with van der Waals surface area (Å²) in [6.45, 7) is 3.21. The molecule has 0 aromatic heterocycles. The summed E-state index contributed by atoms with van der Waals surface area (Å²) in [7, 11) is 0. The molecule has 0 saturated carbocycles. The van der Waals surface area contributed by atoms with Crippen molar-refractivity contribution in [1.29, 1.82) is 0 Å². The van der Waals surface area contributed by atoms with Gasteiger partial charge in [-0.3, -0.25) is 4.79 Å². The Morgan fingerprint density at radius 1 is 1.06 bits per heavy atom. The predicted molar refractivity (Wildman–Crippen MR) is 49.3 cm³/mol. The lowest BCUT2D eigenvalue weighted by molar-refractivity contribution is -0.273. The van der Waals surface area contributed by atoms with Crippen molar-refractivity contribution in [1.82, 2.24) is 0 Å². The maximum atomic E-state index is 12.2. The predicted octanol–water partition coefficient (Wildman–Crippen LogP) is 4.12. The Labute approximate surface area is 95.2 Å². The second-order valence-electron chi connectivity index (χ2n) is 4.08. The smallest absolute Gasteiger partial charge is 0.299 e. The lowest BCUT2D eigenvalue weighted by Gasteiger charge is -2.22. The molecule has 1 nitrogen and oxygen atoms in total. The number of hydrogen-bond donors (Lipinski definition) is 0. The van der Waals surface area contributed by atoms with Crippen LogP contribution in [-0.2, 0) is 4.79 Å². The average Bonchev–Trinajstić information content (AvgIpc) is 1.96. The number of Topliss-reactive ketones (excluding diaryl/α,β-unsaturated/α-hetero) is 1. The first-order valence-corrected chi connectivity index (χ1v) is 5.16. The van der Waals surface area contributed by atoms with Gasteiger partial charge in [0.05, 0.1) is 0 Å². The largest absolute Gasteiger partial charge is 0.407 e. The van der Waals surface area contributed by atoms with Gasteiger partial charge in [0.25, 0.3) is 0 Å². The normalized spacial score (nSPS) is 15.1. The fourth-order valence-corrected chi connectivity index (χ4v) is 1.61. The fourth-order valence-electron chi connectivity index (χ4n) is 1.61. The molecule has 0 aliphatic heterocycles. The summed E-state index contributed by atoms with van der Waals surface area (Å²) in [5.41, 5.74) is 0. The molecule has 1 atom stereocenters. The summed E-state index contributed by atoms with van der Waals surface area (Å²) in [4.78, 5) is 11.1. The first kappa shape index (κ1) is 16.2. The van der Waals surface area contributed by atoms with E-state index in [2.05, 4.69) is 0 Å². The summed E-state index contributed by atoms with van der Waals surface area (Å²) < 4.78 is 73.0. The van der Waals surface area contributed by atoms with Gasteiger partial charge in [0, 0.05) is 6.42 Å².